The molecule has 1 heterocycles. The molecule has 1 aliphatic carbocycles. The Labute approximate surface area is 114 Å². The third-order valence-corrected chi connectivity index (χ3v) is 4.99. The number of thioether (sulfide) groups is 1. The first-order valence-electron chi connectivity index (χ1n) is 6.61. The second kappa shape index (κ2) is 7.00. The third-order valence-electron chi connectivity index (χ3n) is 3.52. The van der Waals surface area contributed by atoms with Crippen LogP contribution in [0.25, 0.3) is 0 Å². The summed E-state index contributed by atoms with van der Waals surface area (Å²) in [7, 11) is 3.70. The smallest absolute Gasteiger partial charge is 0.137 e. The van der Waals surface area contributed by atoms with E-state index in [4.69, 9.17) is 4.74 Å². The van der Waals surface area contributed by atoms with Crippen LogP contribution in [0.5, 0.6) is 5.75 Å². The summed E-state index contributed by atoms with van der Waals surface area (Å²) < 4.78 is 5.23. The van der Waals surface area contributed by atoms with Crippen molar-refractivity contribution in [1.29, 1.82) is 0 Å². The van der Waals surface area contributed by atoms with Gasteiger partial charge in [-0.2, -0.15) is 11.8 Å². The molecule has 0 amide bonds. The molecule has 1 N–H and O–H groups in total. The fourth-order valence-corrected chi connectivity index (χ4v) is 3.86. The lowest BCUT2D eigenvalue weighted by Crippen LogP contribution is -2.20. The number of hydrogen-bond acceptors (Lipinski definition) is 4. The Morgan fingerprint density at radius 1 is 1.44 bits per heavy atom. The first kappa shape index (κ1) is 13.7. The third kappa shape index (κ3) is 3.62. The van der Waals surface area contributed by atoms with Crippen LogP contribution in [-0.2, 0) is 0 Å². The molecule has 1 aliphatic rings. The lowest BCUT2D eigenvalue weighted by Gasteiger charge is -2.18. The molecule has 1 unspecified atom stereocenters. The minimum absolute atomic E-state index is 0.359. The number of nitrogens with one attached hydrogen (secondary N) is 1. The maximum atomic E-state index is 5.23. The number of rotatable bonds is 6. The normalized spacial score (nSPS) is 17.9. The van der Waals surface area contributed by atoms with Crippen molar-refractivity contribution in [2.24, 2.45) is 0 Å². The first-order chi connectivity index (χ1) is 8.83. The topological polar surface area (TPSA) is 34.2 Å². The zero-order chi connectivity index (χ0) is 12.8. The van der Waals surface area contributed by atoms with Crippen LogP contribution in [-0.4, -0.2) is 30.1 Å². The van der Waals surface area contributed by atoms with Crippen LogP contribution in [0.2, 0.25) is 0 Å². The second-order valence-electron chi connectivity index (χ2n) is 4.74. The number of nitrogens with zero attached hydrogens (tertiary/aromatic N) is 1. The van der Waals surface area contributed by atoms with Gasteiger partial charge in [-0.05, 0) is 31.5 Å². The molecule has 1 aromatic rings. The van der Waals surface area contributed by atoms with Gasteiger partial charge in [0, 0.05) is 23.2 Å². The average Bonchev–Trinajstić information content (AvgIpc) is 2.93. The lowest BCUT2D eigenvalue weighted by molar-refractivity contribution is 0.411. The van der Waals surface area contributed by atoms with E-state index in [2.05, 4.69) is 28.1 Å². The van der Waals surface area contributed by atoms with Gasteiger partial charge in [0.05, 0.1) is 13.3 Å². The van der Waals surface area contributed by atoms with Crippen molar-refractivity contribution in [1.82, 2.24) is 10.3 Å². The fraction of sp³-hybridized carbons (Fsp3) is 0.643. The molecule has 18 heavy (non-hydrogen) atoms. The van der Waals surface area contributed by atoms with Crippen LogP contribution in [0.4, 0.5) is 0 Å². The van der Waals surface area contributed by atoms with Crippen molar-refractivity contribution in [2.45, 2.75) is 37.0 Å². The molecule has 0 aliphatic heterocycles. The molecular weight excluding hydrogens is 244 g/mol. The van der Waals surface area contributed by atoms with E-state index >= 15 is 0 Å². The quantitative estimate of drug-likeness (QED) is 0.858. The molecule has 3 nitrogen and oxygen atoms in total. The van der Waals surface area contributed by atoms with E-state index < -0.39 is 0 Å². The molecule has 4 heteroatoms. The number of pyridine rings is 1. The number of methoxy groups -OCH3 is 1. The van der Waals surface area contributed by atoms with E-state index in [1.165, 1.54) is 31.2 Å². The summed E-state index contributed by atoms with van der Waals surface area (Å²) in [4.78, 5) is 4.23. The van der Waals surface area contributed by atoms with E-state index in [-0.39, 0.29) is 0 Å². The predicted molar refractivity (Wildman–Crippen MR) is 77.3 cm³/mol. The van der Waals surface area contributed by atoms with Crippen molar-refractivity contribution >= 4 is 11.8 Å². The van der Waals surface area contributed by atoms with E-state index in [9.17, 15) is 0 Å². The molecule has 0 spiro atoms. The van der Waals surface area contributed by atoms with Crippen LogP contribution in [0.1, 0.15) is 37.3 Å². The molecule has 1 saturated carbocycles. The second-order valence-corrected chi connectivity index (χ2v) is 6.07. The Hall–Kier alpha value is -0.740. The molecule has 1 atom stereocenters. The molecule has 2 rings (SSSR count). The molecule has 0 radical (unpaired) electrons. The van der Waals surface area contributed by atoms with Crippen LogP contribution in [0.15, 0.2) is 18.5 Å². The van der Waals surface area contributed by atoms with E-state index in [1.807, 2.05) is 13.2 Å². The Bertz CT molecular complexity index is 367. The standard InChI is InChI=1S/C14H22N2OS/c1-15-14(10-18-13-5-3-4-6-13)11-7-12(17-2)9-16-8-11/h7-9,13-15H,3-6,10H2,1-2H3. The molecular formula is C14H22N2OS. The maximum absolute atomic E-state index is 5.23. The molecule has 1 fully saturated rings. The summed E-state index contributed by atoms with van der Waals surface area (Å²) in [5.41, 5.74) is 1.21. The number of ether oxygens (including phenoxy) is 1. The Kier molecular flexibility index (Phi) is 5.32. The minimum atomic E-state index is 0.359. The summed E-state index contributed by atoms with van der Waals surface area (Å²) in [6, 6.07) is 2.43. The summed E-state index contributed by atoms with van der Waals surface area (Å²) >= 11 is 2.09. The van der Waals surface area contributed by atoms with Gasteiger partial charge in [0.25, 0.3) is 0 Å². The fourth-order valence-electron chi connectivity index (χ4n) is 2.37. The van der Waals surface area contributed by atoms with Crippen LogP contribution >= 0.6 is 11.8 Å². The highest BCUT2D eigenvalue weighted by molar-refractivity contribution is 7.99. The minimum Gasteiger partial charge on any atom is -0.495 e. The molecule has 100 valence electrons. The highest BCUT2D eigenvalue weighted by Gasteiger charge is 2.18. The van der Waals surface area contributed by atoms with Gasteiger partial charge in [-0.3, -0.25) is 4.98 Å². The van der Waals surface area contributed by atoms with Gasteiger partial charge in [-0.1, -0.05) is 12.8 Å². The van der Waals surface area contributed by atoms with Crippen molar-refractivity contribution in [3.63, 3.8) is 0 Å². The molecule has 0 aromatic carbocycles. The maximum Gasteiger partial charge on any atom is 0.137 e. The van der Waals surface area contributed by atoms with E-state index in [0.29, 0.717) is 6.04 Å². The van der Waals surface area contributed by atoms with Crippen LogP contribution in [0.3, 0.4) is 0 Å². The van der Waals surface area contributed by atoms with Gasteiger partial charge < -0.3 is 10.1 Å². The van der Waals surface area contributed by atoms with Crippen molar-refractivity contribution in [2.75, 3.05) is 19.9 Å². The van der Waals surface area contributed by atoms with Gasteiger partial charge in [-0.15, -0.1) is 0 Å². The first-order valence-corrected chi connectivity index (χ1v) is 7.66. The van der Waals surface area contributed by atoms with Gasteiger partial charge in [0.1, 0.15) is 5.75 Å². The van der Waals surface area contributed by atoms with Crippen molar-refractivity contribution < 1.29 is 4.74 Å². The predicted octanol–water partition coefficient (Wildman–Crippen LogP) is 3.03. The highest BCUT2D eigenvalue weighted by atomic mass is 32.2. The zero-order valence-electron chi connectivity index (χ0n) is 11.2. The number of hydrogen-bond donors (Lipinski definition) is 1. The average molecular weight is 266 g/mol. The van der Waals surface area contributed by atoms with Crippen LogP contribution in [0, 0.1) is 0 Å². The largest absolute Gasteiger partial charge is 0.495 e. The summed E-state index contributed by atoms with van der Waals surface area (Å²) in [6.07, 6.45) is 9.26. The Balaban J connectivity index is 1.93. The summed E-state index contributed by atoms with van der Waals surface area (Å²) in [5.74, 6) is 1.94. The summed E-state index contributed by atoms with van der Waals surface area (Å²) in [6.45, 7) is 0. The van der Waals surface area contributed by atoms with Crippen molar-refractivity contribution in [3.8, 4) is 5.75 Å². The Morgan fingerprint density at radius 3 is 2.89 bits per heavy atom. The monoisotopic (exact) mass is 266 g/mol. The van der Waals surface area contributed by atoms with Gasteiger partial charge in [-0.25, -0.2) is 0 Å². The molecule has 0 saturated heterocycles. The van der Waals surface area contributed by atoms with Gasteiger partial charge in [0.2, 0.25) is 0 Å². The number of aromatic nitrogens is 1. The Morgan fingerprint density at radius 2 is 2.22 bits per heavy atom. The summed E-state index contributed by atoms with van der Waals surface area (Å²) in [5, 5.41) is 4.24. The van der Waals surface area contributed by atoms with Crippen molar-refractivity contribution in [3.05, 3.63) is 24.0 Å². The molecule has 0 bridgehead atoms. The highest BCUT2D eigenvalue weighted by Crippen LogP contribution is 2.32. The SMILES string of the molecule is CNC(CSC1CCCC1)c1cncc(OC)c1. The van der Waals surface area contributed by atoms with Crippen LogP contribution < -0.4 is 10.1 Å². The van der Waals surface area contributed by atoms with E-state index in [0.717, 1.165) is 16.8 Å². The van der Waals surface area contributed by atoms with Gasteiger partial charge >= 0.3 is 0 Å². The lowest BCUT2D eigenvalue weighted by atomic mass is 10.1. The zero-order valence-corrected chi connectivity index (χ0v) is 12.0. The molecule has 1 aromatic heterocycles. The van der Waals surface area contributed by atoms with E-state index in [1.54, 1.807) is 13.3 Å². The van der Waals surface area contributed by atoms with Gasteiger partial charge in [0.15, 0.2) is 0 Å².